The van der Waals surface area contributed by atoms with E-state index in [1.165, 1.54) is 6.92 Å². The third-order valence-corrected chi connectivity index (χ3v) is 2.10. The highest BCUT2D eigenvalue weighted by Crippen LogP contribution is 2.25. The van der Waals surface area contributed by atoms with Crippen molar-refractivity contribution in [1.29, 1.82) is 0 Å². The van der Waals surface area contributed by atoms with Crippen molar-refractivity contribution in [3.05, 3.63) is 0 Å². The molecule has 1 saturated heterocycles. The summed E-state index contributed by atoms with van der Waals surface area (Å²) in [7, 11) is 0. The van der Waals surface area contributed by atoms with Gasteiger partial charge in [-0.25, -0.2) is 0 Å². The summed E-state index contributed by atoms with van der Waals surface area (Å²) < 4.78 is 10.1. The molecule has 0 atom stereocenters. The summed E-state index contributed by atoms with van der Waals surface area (Å²) in [6, 6.07) is 0. The second-order valence-corrected chi connectivity index (χ2v) is 3.38. The van der Waals surface area contributed by atoms with Crippen LogP contribution in [-0.2, 0) is 19.1 Å². The first kappa shape index (κ1) is 10.2. The molecule has 0 saturated carbocycles. The largest absolute Gasteiger partial charge is 0.454 e. The van der Waals surface area contributed by atoms with Crippen LogP contribution in [0.2, 0.25) is 0 Å². The van der Waals surface area contributed by atoms with Crippen LogP contribution in [0.5, 0.6) is 0 Å². The number of esters is 1. The number of rotatable bonds is 4. The zero-order valence-electron chi connectivity index (χ0n) is 7.96. The second kappa shape index (κ2) is 3.87. The predicted octanol–water partition coefficient (Wildman–Crippen LogP) is 0.688. The van der Waals surface area contributed by atoms with E-state index < -0.39 is 11.6 Å². The molecule has 0 radical (unpaired) electrons. The molecule has 0 spiro atoms. The molecule has 4 heteroatoms. The zero-order valence-corrected chi connectivity index (χ0v) is 7.96. The van der Waals surface area contributed by atoms with E-state index in [1.807, 2.05) is 6.92 Å². The highest BCUT2D eigenvalue weighted by molar-refractivity contribution is 5.94. The molecule has 0 aliphatic carbocycles. The third-order valence-electron chi connectivity index (χ3n) is 2.10. The Balaban J connectivity index is 2.38. The molecule has 0 unspecified atom stereocenters. The van der Waals surface area contributed by atoms with E-state index in [0.717, 1.165) is 6.42 Å². The first-order valence-corrected chi connectivity index (χ1v) is 4.37. The molecule has 4 nitrogen and oxygen atoms in total. The lowest BCUT2D eigenvalue weighted by Gasteiger charge is -2.39. The van der Waals surface area contributed by atoms with Gasteiger partial charge >= 0.3 is 5.97 Å². The monoisotopic (exact) mass is 186 g/mol. The van der Waals surface area contributed by atoms with Crippen LogP contribution < -0.4 is 0 Å². The molecule has 0 amide bonds. The molecule has 1 rings (SSSR count). The van der Waals surface area contributed by atoms with Gasteiger partial charge in [0.25, 0.3) is 0 Å². The van der Waals surface area contributed by atoms with Gasteiger partial charge in [-0.2, -0.15) is 0 Å². The average molecular weight is 186 g/mol. The predicted molar refractivity (Wildman–Crippen MR) is 45.2 cm³/mol. The lowest BCUT2D eigenvalue weighted by Crippen LogP contribution is -2.52. The summed E-state index contributed by atoms with van der Waals surface area (Å²) in [5, 5.41) is 0. The van der Waals surface area contributed by atoms with Crippen molar-refractivity contribution in [2.24, 2.45) is 0 Å². The highest BCUT2D eigenvalue weighted by atomic mass is 16.6. The topological polar surface area (TPSA) is 52.6 Å². The Hall–Kier alpha value is -0.900. The number of carbonyl (C=O) groups excluding carboxylic acids is 2. The minimum Gasteiger partial charge on any atom is -0.454 e. The van der Waals surface area contributed by atoms with Crippen molar-refractivity contribution < 1.29 is 19.1 Å². The Kier molecular flexibility index (Phi) is 3.03. The van der Waals surface area contributed by atoms with Crippen molar-refractivity contribution in [2.45, 2.75) is 32.3 Å². The summed E-state index contributed by atoms with van der Waals surface area (Å²) in [4.78, 5) is 21.7. The Morgan fingerprint density at radius 2 is 2.08 bits per heavy atom. The molecular weight excluding hydrogens is 172 g/mol. The SMILES string of the molecule is CCC1(OC(=O)CC(C)=O)COC1. The van der Waals surface area contributed by atoms with E-state index in [0.29, 0.717) is 13.2 Å². The highest BCUT2D eigenvalue weighted by Gasteiger charge is 2.40. The fourth-order valence-electron chi connectivity index (χ4n) is 1.15. The van der Waals surface area contributed by atoms with Crippen molar-refractivity contribution in [3.63, 3.8) is 0 Å². The quantitative estimate of drug-likeness (QED) is 0.478. The molecule has 1 heterocycles. The summed E-state index contributed by atoms with van der Waals surface area (Å²) in [5.74, 6) is -0.617. The van der Waals surface area contributed by atoms with Crippen LogP contribution >= 0.6 is 0 Å². The molecule has 0 aromatic rings. The minimum atomic E-state index is -0.452. The van der Waals surface area contributed by atoms with Crippen molar-refractivity contribution in [1.82, 2.24) is 0 Å². The average Bonchev–Trinajstić information content (AvgIpc) is 1.95. The molecule has 1 fully saturated rings. The summed E-state index contributed by atoms with van der Waals surface area (Å²) in [5.41, 5.74) is -0.452. The number of hydrogen-bond acceptors (Lipinski definition) is 4. The maximum absolute atomic E-state index is 11.1. The van der Waals surface area contributed by atoms with Crippen LogP contribution in [0.3, 0.4) is 0 Å². The van der Waals surface area contributed by atoms with E-state index in [4.69, 9.17) is 9.47 Å². The van der Waals surface area contributed by atoms with Gasteiger partial charge in [-0.3, -0.25) is 9.59 Å². The number of carbonyl (C=O) groups is 2. The molecule has 0 aromatic carbocycles. The van der Waals surface area contributed by atoms with Gasteiger partial charge in [-0.1, -0.05) is 6.92 Å². The normalized spacial score (nSPS) is 18.9. The first-order chi connectivity index (χ1) is 6.08. The van der Waals surface area contributed by atoms with Crippen molar-refractivity contribution >= 4 is 11.8 Å². The van der Waals surface area contributed by atoms with Gasteiger partial charge in [-0.15, -0.1) is 0 Å². The Morgan fingerprint density at radius 1 is 1.46 bits per heavy atom. The Bertz CT molecular complexity index is 212. The summed E-state index contributed by atoms with van der Waals surface area (Å²) in [6.45, 7) is 4.21. The number of hydrogen-bond donors (Lipinski definition) is 0. The van der Waals surface area contributed by atoms with Gasteiger partial charge in [0.1, 0.15) is 12.2 Å². The van der Waals surface area contributed by atoms with Gasteiger partial charge in [0.15, 0.2) is 5.60 Å². The second-order valence-electron chi connectivity index (χ2n) is 3.38. The minimum absolute atomic E-state index is 0.137. The zero-order chi connectivity index (χ0) is 9.90. The molecule has 1 aliphatic heterocycles. The molecule has 0 aromatic heterocycles. The lowest BCUT2D eigenvalue weighted by atomic mass is 9.99. The van der Waals surface area contributed by atoms with E-state index >= 15 is 0 Å². The van der Waals surface area contributed by atoms with Crippen LogP contribution in [0.1, 0.15) is 26.7 Å². The van der Waals surface area contributed by atoms with Gasteiger partial charge in [0, 0.05) is 0 Å². The Labute approximate surface area is 77.2 Å². The Morgan fingerprint density at radius 3 is 2.38 bits per heavy atom. The standard InChI is InChI=1S/C9H14O4/c1-3-9(5-12-6-9)13-8(11)4-7(2)10/h3-6H2,1-2H3. The van der Waals surface area contributed by atoms with Crippen LogP contribution in [0.4, 0.5) is 0 Å². The van der Waals surface area contributed by atoms with Crippen LogP contribution in [-0.4, -0.2) is 30.6 Å². The number of ether oxygens (including phenoxy) is 2. The smallest absolute Gasteiger partial charge is 0.314 e. The molecular formula is C9H14O4. The van der Waals surface area contributed by atoms with Gasteiger partial charge < -0.3 is 9.47 Å². The molecule has 0 N–H and O–H groups in total. The van der Waals surface area contributed by atoms with Crippen molar-refractivity contribution in [3.8, 4) is 0 Å². The molecule has 1 aliphatic rings. The van der Waals surface area contributed by atoms with E-state index in [1.54, 1.807) is 0 Å². The third kappa shape index (κ3) is 2.52. The van der Waals surface area contributed by atoms with Crippen molar-refractivity contribution in [2.75, 3.05) is 13.2 Å². The molecule has 74 valence electrons. The first-order valence-electron chi connectivity index (χ1n) is 4.37. The van der Waals surface area contributed by atoms with Crippen LogP contribution in [0.25, 0.3) is 0 Å². The lowest BCUT2D eigenvalue weighted by molar-refractivity contribution is -0.213. The van der Waals surface area contributed by atoms with Gasteiger partial charge in [-0.05, 0) is 13.3 Å². The van der Waals surface area contributed by atoms with E-state index in [-0.39, 0.29) is 12.2 Å². The fraction of sp³-hybridized carbons (Fsp3) is 0.778. The summed E-state index contributed by atoms with van der Waals surface area (Å²) >= 11 is 0. The number of Topliss-reactive ketones (excluding diaryl/α,β-unsaturated/α-hetero) is 1. The van der Waals surface area contributed by atoms with Crippen LogP contribution in [0.15, 0.2) is 0 Å². The molecule has 0 bridgehead atoms. The number of ketones is 1. The van der Waals surface area contributed by atoms with E-state index in [9.17, 15) is 9.59 Å². The molecule has 13 heavy (non-hydrogen) atoms. The maximum atomic E-state index is 11.1. The fourth-order valence-corrected chi connectivity index (χ4v) is 1.15. The summed E-state index contributed by atoms with van der Waals surface area (Å²) in [6.07, 6.45) is 0.596. The van der Waals surface area contributed by atoms with Crippen LogP contribution in [0, 0.1) is 0 Å². The van der Waals surface area contributed by atoms with Gasteiger partial charge in [0.05, 0.1) is 13.2 Å². The van der Waals surface area contributed by atoms with E-state index in [2.05, 4.69) is 0 Å². The maximum Gasteiger partial charge on any atom is 0.314 e. The van der Waals surface area contributed by atoms with Gasteiger partial charge in [0.2, 0.25) is 0 Å².